The summed E-state index contributed by atoms with van der Waals surface area (Å²) in [6.07, 6.45) is 0. The topological polar surface area (TPSA) is 0 Å². The van der Waals surface area contributed by atoms with Gasteiger partial charge in [-0.05, 0) is 36.4 Å². The van der Waals surface area contributed by atoms with Crippen LogP contribution in [0.15, 0.2) is 109 Å². The van der Waals surface area contributed by atoms with E-state index >= 15 is 0 Å². The molecule has 0 saturated heterocycles. The minimum absolute atomic E-state index is 0. The smallest absolute Gasteiger partial charge is 0.144 e. The number of benzene rings is 3. The van der Waals surface area contributed by atoms with Crippen LogP contribution in [0.4, 0.5) is 0 Å². The van der Waals surface area contributed by atoms with Crippen LogP contribution in [-0.4, -0.2) is 0 Å². The maximum Gasteiger partial charge on any atom is 0.144 e. The quantitative estimate of drug-likeness (QED) is 0.472. The average Bonchev–Trinajstić information content (AvgIpc) is 2.62. The number of hydrogen-bond donors (Lipinski definition) is 0. The Morgan fingerprint density at radius 2 is 0.913 bits per heavy atom. The molecule has 3 rings (SSSR count). The zero-order valence-corrected chi connectivity index (χ0v) is 15.3. The van der Waals surface area contributed by atoms with Gasteiger partial charge in [0, 0.05) is 0 Å². The fourth-order valence-corrected chi connectivity index (χ4v) is 6.34. The molecule has 0 N–H and O–H groups in total. The van der Waals surface area contributed by atoms with E-state index in [2.05, 4.69) is 109 Å². The number of rotatable bonds is 4. The molecule has 0 nitrogen and oxygen atoms in total. The van der Waals surface area contributed by atoms with Crippen LogP contribution < -0.4 is 32.9 Å². The lowest BCUT2D eigenvalue weighted by atomic mass is 10.4. The molecule has 23 heavy (non-hydrogen) atoms. The molecule has 2 heteroatoms. The summed E-state index contributed by atoms with van der Waals surface area (Å²) < 4.78 is 0. The summed E-state index contributed by atoms with van der Waals surface area (Å²) in [7, 11) is -1.85. The molecule has 0 fully saturated rings. The van der Waals surface area contributed by atoms with Crippen molar-refractivity contribution in [3.63, 3.8) is 0 Å². The normalized spacial score (nSPS) is 10.3. The SMILES string of the molecule is C=C=C[P+](c1ccccc1)(c1ccccc1)c1ccccc1.[Br-]. The van der Waals surface area contributed by atoms with Crippen molar-refractivity contribution in [1.29, 1.82) is 0 Å². The molecule has 0 saturated carbocycles. The lowest BCUT2D eigenvalue weighted by Crippen LogP contribution is -3.00. The molecular formula is C21H18BrP. The number of halogens is 1. The average molecular weight is 381 g/mol. The van der Waals surface area contributed by atoms with Crippen molar-refractivity contribution >= 4 is 23.2 Å². The van der Waals surface area contributed by atoms with Crippen molar-refractivity contribution in [3.8, 4) is 0 Å². The van der Waals surface area contributed by atoms with E-state index in [-0.39, 0.29) is 17.0 Å². The van der Waals surface area contributed by atoms with Crippen LogP contribution in [0.2, 0.25) is 0 Å². The summed E-state index contributed by atoms with van der Waals surface area (Å²) in [5.74, 6) is 2.17. The van der Waals surface area contributed by atoms with Gasteiger partial charge in [0.15, 0.2) is 0 Å². The molecule has 0 aliphatic rings. The molecule has 3 aromatic carbocycles. The summed E-state index contributed by atoms with van der Waals surface area (Å²) >= 11 is 0. The molecule has 3 aromatic rings. The highest BCUT2D eigenvalue weighted by Gasteiger charge is 2.43. The molecule has 0 aliphatic heterocycles. The first-order valence-corrected chi connectivity index (χ1v) is 9.16. The summed E-state index contributed by atoms with van der Waals surface area (Å²) in [4.78, 5) is 0. The van der Waals surface area contributed by atoms with Crippen molar-refractivity contribution in [2.75, 3.05) is 0 Å². The Hall–Kier alpha value is -1.91. The van der Waals surface area contributed by atoms with E-state index in [1.54, 1.807) is 0 Å². The minimum atomic E-state index is -1.85. The lowest BCUT2D eigenvalue weighted by molar-refractivity contribution is -0.00000422. The summed E-state index contributed by atoms with van der Waals surface area (Å²) in [6, 6.07) is 32.1. The Kier molecular flexibility index (Phi) is 6.13. The third-order valence-electron chi connectivity index (χ3n) is 3.78. The van der Waals surface area contributed by atoms with Gasteiger partial charge in [0.05, 0.1) is 0 Å². The van der Waals surface area contributed by atoms with E-state index in [4.69, 9.17) is 0 Å². The van der Waals surface area contributed by atoms with Crippen LogP contribution >= 0.6 is 7.26 Å². The molecule has 0 heterocycles. The Morgan fingerprint density at radius 3 is 1.17 bits per heavy atom. The zero-order chi connectivity index (χ0) is 15.3. The van der Waals surface area contributed by atoms with Gasteiger partial charge in [0.25, 0.3) is 0 Å². The Bertz CT molecular complexity index is 679. The fraction of sp³-hybridized carbons (Fsp3) is 0. The molecule has 0 spiro atoms. The fourth-order valence-electron chi connectivity index (χ4n) is 2.80. The van der Waals surface area contributed by atoms with Gasteiger partial charge in [-0.15, -0.1) is 0 Å². The van der Waals surface area contributed by atoms with Crippen LogP contribution in [0.3, 0.4) is 0 Å². The first-order valence-electron chi connectivity index (χ1n) is 7.30. The molecule has 0 bridgehead atoms. The van der Waals surface area contributed by atoms with E-state index in [9.17, 15) is 0 Å². The predicted molar refractivity (Wildman–Crippen MR) is 98.9 cm³/mol. The first kappa shape index (κ1) is 17.4. The molecule has 0 atom stereocenters. The van der Waals surface area contributed by atoms with Gasteiger partial charge in [-0.3, -0.25) is 0 Å². The lowest BCUT2D eigenvalue weighted by Gasteiger charge is -2.23. The van der Waals surface area contributed by atoms with Crippen molar-refractivity contribution in [3.05, 3.63) is 109 Å². The number of hydrogen-bond acceptors (Lipinski definition) is 0. The molecule has 0 aromatic heterocycles. The summed E-state index contributed by atoms with van der Waals surface area (Å²) in [6.45, 7) is 3.87. The van der Waals surface area contributed by atoms with Crippen LogP contribution in [0, 0.1) is 0 Å². The van der Waals surface area contributed by atoms with Crippen LogP contribution in [0.1, 0.15) is 0 Å². The summed E-state index contributed by atoms with van der Waals surface area (Å²) in [5, 5.41) is 3.97. The molecular weight excluding hydrogens is 363 g/mol. The Labute approximate surface area is 149 Å². The standard InChI is InChI=1S/C21H18P.BrH/c1-2-18-22(19-12-6-3-7-13-19,20-14-8-4-9-15-20)21-16-10-5-11-17-21;/h3-18H,1H2;1H/q+1;/p-1. The van der Waals surface area contributed by atoms with E-state index < -0.39 is 7.26 Å². The second kappa shape index (κ2) is 8.09. The third kappa shape index (κ3) is 3.38. The molecule has 114 valence electrons. The highest BCUT2D eigenvalue weighted by atomic mass is 79.9. The molecule has 0 aliphatic carbocycles. The Balaban J connectivity index is 0.00000192. The van der Waals surface area contributed by atoms with E-state index in [1.807, 2.05) is 0 Å². The van der Waals surface area contributed by atoms with Crippen molar-refractivity contribution in [2.45, 2.75) is 0 Å². The van der Waals surface area contributed by atoms with Crippen molar-refractivity contribution in [1.82, 2.24) is 0 Å². The molecule has 0 unspecified atom stereocenters. The third-order valence-corrected chi connectivity index (χ3v) is 7.68. The van der Waals surface area contributed by atoms with E-state index in [0.717, 1.165) is 0 Å². The van der Waals surface area contributed by atoms with Gasteiger partial charge in [0.2, 0.25) is 0 Å². The van der Waals surface area contributed by atoms with Gasteiger partial charge in [-0.2, -0.15) is 0 Å². The van der Waals surface area contributed by atoms with Gasteiger partial charge >= 0.3 is 0 Å². The second-order valence-electron chi connectivity index (χ2n) is 5.06. The second-order valence-corrected chi connectivity index (χ2v) is 8.32. The zero-order valence-electron chi connectivity index (χ0n) is 12.8. The molecule has 0 amide bonds. The van der Waals surface area contributed by atoms with Crippen LogP contribution in [0.25, 0.3) is 0 Å². The maximum absolute atomic E-state index is 3.87. The van der Waals surface area contributed by atoms with Gasteiger partial charge in [0.1, 0.15) is 29.0 Å². The highest BCUT2D eigenvalue weighted by Crippen LogP contribution is 2.56. The predicted octanol–water partition coefficient (Wildman–Crippen LogP) is 1.28. The monoisotopic (exact) mass is 380 g/mol. The van der Waals surface area contributed by atoms with Crippen molar-refractivity contribution in [2.24, 2.45) is 0 Å². The van der Waals surface area contributed by atoms with E-state index in [1.165, 1.54) is 15.9 Å². The summed E-state index contributed by atoms with van der Waals surface area (Å²) in [5.41, 5.74) is 3.08. The van der Waals surface area contributed by atoms with Gasteiger partial charge < -0.3 is 17.0 Å². The van der Waals surface area contributed by atoms with Crippen LogP contribution in [0.5, 0.6) is 0 Å². The highest BCUT2D eigenvalue weighted by molar-refractivity contribution is 7.98. The van der Waals surface area contributed by atoms with Crippen LogP contribution in [-0.2, 0) is 0 Å². The largest absolute Gasteiger partial charge is 1.00 e. The van der Waals surface area contributed by atoms with Crippen molar-refractivity contribution < 1.29 is 17.0 Å². The maximum atomic E-state index is 3.87. The molecule has 0 radical (unpaired) electrons. The van der Waals surface area contributed by atoms with E-state index in [0.29, 0.717) is 0 Å². The first-order chi connectivity index (χ1) is 10.9. The Morgan fingerprint density at radius 1 is 0.609 bits per heavy atom. The minimum Gasteiger partial charge on any atom is -1.00 e. The van der Waals surface area contributed by atoms with Gasteiger partial charge in [-0.25, -0.2) is 0 Å². The van der Waals surface area contributed by atoms with Gasteiger partial charge in [-0.1, -0.05) is 66.9 Å².